The standard InChI is InChI=1S/C29H36N4O3S/c1-37-33-21-29(24-9-5-6-10-26(24)33)13-17-32(18-14-29)28(35)25(20-36-19-22-7-3-2-4-8-22)31-27(34)23-11-15-30-16-12-23/h2-11,25,30H,12-21H2,1H3,(H,31,34)/t25-/m1/s1. The van der Waals surface area contributed by atoms with Crippen LogP contribution in [-0.4, -0.2) is 68.3 Å². The van der Waals surface area contributed by atoms with Gasteiger partial charge >= 0.3 is 0 Å². The van der Waals surface area contributed by atoms with Crippen LogP contribution in [0.1, 0.15) is 30.4 Å². The van der Waals surface area contributed by atoms with Gasteiger partial charge in [0.05, 0.1) is 18.9 Å². The van der Waals surface area contributed by atoms with Gasteiger partial charge in [0.2, 0.25) is 11.8 Å². The van der Waals surface area contributed by atoms with Crippen molar-refractivity contribution in [3.63, 3.8) is 0 Å². The van der Waals surface area contributed by atoms with E-state index in [2.05, 4.69) is 45.5 Å². The van der Waals surface area contributed by atoms with Crippen molar-refractivity contribution in [2.24, 2.45) is 0 Å². The number of amides is 2. The van der Waals surface area contributed by atoms with Gasteiger partial charge in [-0.2, -0.15) is 0 Å². The third kappa shape index (κ3) is 5.71. The molecule has 7 nitrogen and oxygen atoms in total. The first-order valence-corrected chi connectivity index (χ1v) is 14.3. The first-order chi connectivity index (χ1) is 18.1. The number of ether oxygens (including phenoxy) is 1. The average molecular weight is 521 g/mol. The van der Waals surface area contributed by atoms with E-state index in [1.165, 1.54) is 11.3 Å². The lowest BCUT2D eigenvalue weighted by molar-refractivity contribution is -0.139. The van der Waals surface area contributed by atoms with Gasteiger partial charge in [0.15, 0.2) is 0 Å². The summed E-state index contributed by atoms with van der Waals surface area (Å²) in [5.41, 5.74) is 4.53. The summed E-state index contributed by atoms with van der Waals surface area (Å²) in [6.07, 6.45) is 6.51. The van der Waals surface area contributed by atoms with E-state index in [0.717, 1.165) is 37.1 Å². The molecule has 0 saturated carbocycles. The molecule has 8 heteroatoms. The molecule has 2 aromatic carbocycles. The fourth-order valence-electron chi connectivity index (χ4n) is 5.67. The number of para-hydroxylation sites is 1. The largest absolute Gasteiger partial charge is 0.374 e. The van der Waals surface area contributed by atoms with E-state index < -0.39 is 6.04 Å². The molecule has 0 bridgehead atoms. The smallest absolute Gasteiger partial charge is 0.247 e. The highest BCUT2D eigenvalue weighted by Gasteiger charge is 2.45. The van der Waals surface area contributed by atoms with Crippen molar-refractivity contribution in [1.82, 2.24) is 15.5 Å². The number of benzene rings is 2. The molecule has 1 atom stereocenters. The summed E-state index contributed by atoms with van der Waals surface area (Å²) in [5, 5.41) is 6.23. The summed E-state index contributed by atoms with van der Waals surface area (Å²) in [7, 11) is 0. The third-order valence-corrected chi connectivity index (χ3v) is 8.56. The SMILES string of the molecule is CSN1CC2(CCN(C(=O)[C@@H](COCc3ccccc3)NC(=O)C3=CCNCC3)CC2)c2ccccc21. The average Bonchev–Trinajstić information content (AvgIpc) is 3.26. The quantitative estimate of drug-likeness (QED) is 0.521. The number of nitrogens with zero attached hydrogens (tertiary/aromatic N) is 2. The Kier molecular flexibility index (Phi) is 8.17. The number of rotatable bonds is 8. The molecule has 37 heavy (non-hydrogen) atoms. The zero-order valence-electron chi connectivity index (χ0n) is 21.4. The molecule has 3 heterocycles. The van der Waals surface area contributed by atoms with Gasteiger partial charge in [-0.1, -0.05) is 66.6 Å². The zero-order chi connectivity index (χ0) is 25.7. The molecule has 3 aliphatic heterocycles. The summed E-state index contributed by atoms with van der Waals surface area (Å²) in [5.74, 6) is -0.226. The Morgan fingerprint density at radius 1 is 1.11 bits per heavy atom. The summed E-state index contributed by atoms with van der Waals surface area (Å²) in [6, 6.07) is 17.8. The molecule has 1 spiro atoms. The van der Waals surface area contributed by atoms with Gasteiger partial charge in [-0.15, -0.1) is 0 Å². The topological polar surface area (TPSA) is 73.9 Å². The predicted octanol–water partition coefficient (Wildman–Crippen LogP) is 3.27. The van der Waals surface area contributed by atoms with Crippen molar-refractivity contribution in [3.05, 3.63) is 77.4 Å². The van der Waals surface area contributed by atoms with Gasteiger partial charge in [-0.05, 0) is 43.0 Å². The Balaban J connectivity index is 1.26. The van der Waals surface area contributed by atoms with Crippen LogP contribution in [-0.2, 0) is 26.3 Å². The lowest BCUT2D eigenvalue weighted by Crippen LogP contribution is -2.55. The number of nitrogens with one attached hydrogen (secondary N) is 2. The van der Waals surface area contributed by atoms with E-state index in [1.54, 1.807) is 11.9 Å². The van der Waals surface area contributed by atoms with Crippen LogP contribution in [0.3, 0.4) is 0 Å². The Morgan fingerprint density at radius 2 is 1.86 bits per heavy atom. The fourth-order valence-corrected chi connectivity index (χ4v) is 6.41. The minimum atomic E-state index is -0.709. The van der Waals surface area contributed by atoms with Crippen molar-refractivity contribution < 1.29 is 14.3 Å². The van der Waals surface area contributed by atoms with E-state index in [1.807, 2.05) is 41.3 Å². The first-order valence-electron chi connectivity index (χ1n) is 13.1. The molecule has 3 aliphatic rings. The number of hydrogen-bond donors (Lipinski definition) is 2. The lowest BCUT2D eigenvalue weighted by atomic mass is 9.74. The van der Waals surface area contributed by atoms with Crippen LogP contribution in [0.15, 0.2) is 66.2 Å². The maximum absolute atomic E-state index is 13.7. The molecular formula is C29H36N4O3S. The molecule has 5 rings (SSSR count). The molecule has 2 aromatic rings. The maximum Gasteiger partial charge on any atom is 0.247 e. The molecule has 196 valence electrons. The number of anilines is 1. The van der Waals surface area contributed by atoms with Gasteiger partial charge in [-0.25, -0.2) is 0 Å². The summed E-state index contributed by atoms with van der Waals surface area (Å²) in [6.45, 7) is 4.31. The number of hydrogen-bond acceptors (Lipinski definition) is 6. The second kappa shape index (κ2) is 11.7. The van der Waals surface area contributed by atoms with Crippen LogP contribution in [0.2, 0.25) is 0 Å². The van der Waals surface area contributed by atoms with Crippen molar-refractivity contribution in [2.75, 3.05) is 49.9 Å². The monoisotopic (exact) mass is 520 g/mol. The van der Waals surface area contributed by atoms with E-state index in [-0.39, 0.29) is 23.8 Å². The minimum Gasteiger partial charge on any atom is -0.374 e. The fraction of sp³-hybridized carbons (Fsp3) is 0.448. The van der Waals surface area contributed by atoms with Crippen LogP contribution in [0.4, 0.5) is 5.69 Å². The Hall–Kier alpha value is -2.81. The molecule has 1 saturated heterocycles. The third-order valence-electron chi connectivity index (χ3n) is 7.80. The molecule has 0 radical (unpaired) electrons. The number of carbonyl (C=O) groups is 2. The van der Waals surface area contributed by atoms with Crippen molar-refractivity contribution in [3.8, 4) is 0 Å². The van der Waals surface area contributed by atoms with Crippen LogP contribution < -0.4 is 14.9 Å². The van der Waals surface area contributed by atoms with E-state index in [9.17, 15) is 9.59 Å². The molecule has 0 aromatic heterocycles. The number of piperidine rings is 1. The predicted molar refractivity (Wildman–Crippen MR) is 148 cm³/mol. The molecule has 2 amide bonds. The number of likely N-dealkylation sites (tertiary alicyclic amines) is 1. The van der Waals surface area contributed by atoms with Crippen LogP contribution in [0.5, 0.6) is 0 Å². The first kappa shape index (κ1) is 25.8. The minimum absolute atomic E-state index is 0.0567. The lowest BCUT2D eigenvalue weighted by Gasteiger charge is -2.41. The van der Waals surface area contributed by atoms with E-state index >= 15 is 0 Å². The highest BCUT2D eigenvalue weighted by Crippen LogP contribution is 2.48. The summed E-state index contributed by atoms with van der Waals surface area (Å²) < 4.78 is 8.32. The van der Waals surface area contributed by atoms with Crippen molar-refractivity contribution in [2.45, 2.75) is 37.3 Å². The second-order valence-electron chi connectivity index (χ2n) is 10.1. The van der Waals surface area contributed by atoms with E-state index in [4.69, 9.17) is 4.74 Å². The molecule has 1 fully saturated rings. The van der Waals surface area contributed by atoms with Crippen molar-refractivity contribution in [1.29, 1.82) is 0 Å². The van der Waals surface area contributed by atoms with Gasteiger partial charge in [0, 0.05) is 43.4 Å². The van der Waals surface area contributed by atoms with Crippen LogP contribution in [0, 0.1) is 0 Å². The number of fused-ring (bicyclic) bond motifs is 2. The van der Waals surface area contributed by atoms with Crippen molar-refractivity contribution >= 4 is 29.4 Å². The van der Waals surface area contributed by atoms with Crippen LogP contribution >= 0.6 is 11.9 Å². The number of carbonyl (C=O) groups excluding carboxylic acids is 2. The van der Waals surface area contributed by atoms with E-state index in [0.29, 0.717) is 32.7 Å². The molecular weight excluding hydrogens is 484 g/mol. The molecule has 2 N–H and O–H groups in total. The highest BCUT2D eigenvalue weighted by atomic mass is 32.2. The Bertz CT molecular complexity index is 1130. The van der Waals surface area contributed by atoms with Crippen LogP contribution in [0.25, 0.3) is 0 Å². The van der Waals surface area contributed by atoms with Gasteiger partial charge < -0.3 is 24.6 Å². The Morgan fingerprint density at radius 3 is 2.59 bits per heavy atom. The second-order valence-corrected chi connectivity index (χ2v) is 10.9. The Labute approximate surface area is 223 Å². The van der Waals surface area contributed by atoms with Gasteiger partial charge in [0.25, 0.3) is 0 Å². The summed E-state index contributed by atoms with van der Waals surface area (Å²) >= 11 is 1.76. The zero-order valence-corrected chi connectivity index (χ0v) is 22.3. The van der Waals surface area contributed by atoms with Gasteiger partial charge in [-0.3, -0.25) is 9.59 Å². The van der Waals surface area contributed by atoms with Gasteiger partial charge in [0.1, 0.15) is 6.04 Å². The maximum atomic E-state index is 13.7. The summed E-state index contributed by atoms with van der Waals surface area (Å²) in [4.78, 5) is 28.6. The molecule has 0 unspecified atom stereocenters. The molecule has 0 aliphatic carbocycles. The highest BCUT2D eigenvalue weighted by molar-refractivity contribution is 8.00. The normalized spacial score (nSPS) is 19.3.